The van der Waals surface area contributed by atoms with Crippen LogP contribution in [-0.2, 0) is 21.9 Å². The van der Waals surface area contributed by atoms with E-state index in [1.54, 1.807) is 16.7 Å². The lowest BCUT2D eigenvalue weighted by atomic mass is 10.1. The predicted molar refractivity (Wildman–Crippen MR) is 131 cm³/mol. The quantitative estimate of drug-likeness (QED) is 0.528. The van der Waals surface area contributed by atoms with Crippen LogP contribution in [0.1, 0.15) is 49.4 Å². The van der Waals surface area contributed by atoms with Crippen LogP contribution in [0.3, 0.4) is 0 Å². The Kier molecular flexibility index (Phi) is 10.1. The molecule has 1 unspecified atom stereocenters. The topological polar surface area (TPSA) is 49.4 Å². The Morgan fingerprint density at radius 3 is 2.45 bits per heavy atom. The third kappa shape index (κ3) is 8.06. The standard InChI is InChI=1S/C26H36N2O2S/c1-6-24(26(30)27-15-19(2)3)28(16-22-12-9-10-20(4)14-22)25(29)18-31-17-23-13-8-7-11-21(23)5/h7-14,19,24H,6,15-18H2,1-5H3,(H,27,30). The van der Waals surface area contributed by atoms with Crippen molar-refractivity contribution >= 4 is 23.6 Å². The fourth-order valence-electron chi connectivity index (χ4n) is 3.45. The molecule has 2 amide bonds. The SMILES string of the molecule is CCC(C(=O)NCC(C)C)N(Cc1cccc(C)c1)C(=O)CSCc1ccccc1C. The molecule has 1 atom stereocenters. The van der Waals surface area contributed by atoms with Crippen molar-refractivity contribution in [3.63, 3.8) is 0 Å². The monoisotopic (exact) mass is 440 g/mol. The van der Waals surface area contributed by atoms with Gasteiger partial charge in [-0.05, 0) is 42.9 Å². The molecule has 0 radical (unpaired) electrons. The van der Waals surface area contributed by atoms with E-state index >= 15 is 0 Å². The van der Waals surface area contributed by atoms with E-state index in [9.17, 15) is 9.59 Å². The Labute approximate surface area is 191 Å². The van der Waals surface area contributed by atoms with E-state index in [1.165, 1.54) is 11.1 Å². The fourth-order valence-corrected chi connectivity index (χ4v) is 4.44. The lowest BCUT2D eigenvalue weighted by Gasteiger charge is -2.31. The van der Waals surface area contributed by atoms with Gasteiger partial charge in [-0.1, -0.05) is 74.9 Å². The minimum atomic E-state index is -0.467. The van der Waals surface area contributed by atoms with Gasteiger partial charge in [-0.3, -0.25) is 9.59 Å². The second kappa shape index (κ2) is 12.6. The maximum absolute atomic E-state index is 13.3. The summed E-state index contributed by atoms with van der Waals surface area (Å²) in [6.07, 6.45) is 0.587. The first-order valence-corrected chi connectivity index (χ1v) is 12.2. The number of carbonyl (C=O) groups excluding carboxylic acids is 2. The molecular formula is C26H36N2O2S. The number of hydrogen-bond donors (Lipinski definition) is 1. The van der Waals surface area contributed by atoms with Crippen molar-refractivity contribution in [2.45, 2.75) is 59.4 Å². The summed E-state index contributed by atoms with van der Waals surface area (Å²) in [7, 11) is 0. The number of nitrogens with zero attached hydrogens (tertiary/aromatic N) is 1. The van der Waals surface area contributed by atoms with Crippen LogP contribution in [0.15, 0.2) is 48.5 Å². The van der Waals surface area contributed by atoms with E-state index in [0.717, 1.165) is 16.9 Å². The Bertz CT molecular complexity index is 866. The molecule has 5 heteroatoms. The lowest BCUT2D eigenvalue weighted by molar-refractivity contribution is -0.139. The van der Waals surface area contributed by atoms with Crippen molar-refractivity contribution < 1.29 is 9.59 Å². The van der Waals surface area contributed by atoms with Crippen LogP contribution in [0.2, 0.25) is 0 Å². The van der Waals surface area contributed by atoms with Crippen LogP contribution < -0.4 is 5.32 Å². The summed E-state index contributed by atoms with van der Waals surface area (Å²) in [4.78, 5) is 27.9. The van der Waals surface area contributed by atoms with E-state index in [4.69, 9.17) is 0 Å². The van der Waals surface area contributed by atoms with Crippen LogP contribution in [0, 0.1) is 19.8 Å². The molecule has 0 aliphatic rings. The van der Waals surface area contributed by atoms with Gasteiger partial charge in [-0.25, -0.2) is 0 Å². The number of benzene rings is 2. The molecule has 0 aliphatic carbocycles. The first kappa shape index (κ1) is 25.0. The number of rotatable bonds is 11. The molecule has 0 saturated heterocycles. The summed E-state index contributed by atoms with van der Waals surface area (Å²) in [5, 5.41) is 3.02. The minimum absolute atomic E-state index is 0.00615. The fraction of sp³-hybridized carbons (Fsp3) is 0.462. The Morgan fingerprint density at radius 1 is 1.06 bits per heavy atom. The number of nitrogens with one attached hydrogen (secondary N) is 1. The molecule has 1 N–H and O–H groups in total. The van der Waals surface area contributed by atoms with Gasteiger partial charge < -0.3 is 10.2 Å². The summed E-state index contributed by atoms with van der Waals surface area (Å²) in [5.41, 5.74) is 4.68. The highest BCUT2D eigenvalue weighted by Gasteiger charge is 2.28. The minimum Gasteiger partial charge on any atom is -0.354 e. The lowest BCUT2D eigenvalue weighted by Crippen LogP contribution is -2.50. The predicted octanol–water partition coefficient (Wildman–Crippen LogP) is 5.12. The molecule has 0 heterocycles. The van der Waals surface area contributed by atoms with E-state index < -0.39 is 6.04 Å². The number of thioether (sulfide) groups is 1. The second-order valence-corrected chi connectivity index (χ2v) is 9.48. The number of hydrogen-bond acceptors (Lipinski definition) is 3. The van der Waals surface area contributed by atoms with Crippen molar-refractivity contribution in [3.05, 3.63) is 70.8 Å². The van der Waals surface area contributed by atoms with Crippen LogP contribution in [-0.4, -0.2) is 35.1 Å². The second-order valence-electron chi connectivity index (χ2n) is 8.49. The molecule has 2 aromatic carbocycles. The molecule has 0 saturated carbocycles. The van der Waals surface area contributed by atoms with Crippen molar-refractivity contribution in [1.29, 1.82) is 0 Å². The molecule has 0 bridgehead atoms. The Morgan fingerprint density at radius 2 is 1.81 bits per heavy atom. The van der Waals surface area contributed by atoms with E-state index in [2.05, 4.69) is 44.3 Å². The van der Waals surface area contributed by atoms with Crippen LogP contribution in [0.25, 0.3) is 0 Å². The van der Waals surface area contributed by atoms with Gasteiger partial charge in [0.05, 0.1) is 5.75 Å². The van der Waals surface area contributed by atoms with Crippen LogP contribution >= 0.6 is 11.8 Å². The molecule has 4 nitrogen and oxygen atoms in total. The molecular weight excluding hydrogens is 404 g/mol. The summed E-state index contributed by atoms with van der Waals surface area (Å²) in [6, 6.07) is 15.9. The number of aryl methyl sites for hydroxylation is 2. The maximum atomic E-state index is 13.3. The first-order chi connectivity index (χ1) is 14.8. The van der Waals surface area contributed by atoms with Crippen molar-refractivity contribution in [1.82, 2.24) is 10.2 Å². The third-order valence-corrected chi connectivity index (χ3v) is 6.22. The number of carbonyl (C=O) groups is 2. The molecule has 0 aliphatic heterocycles. The highest BCUT2D eigenvalue weighted by atomic mass is 32.2. The van der Waals surface area contributed by atoms with Crippen molar-refractivity contribution in [3.8, 4) is 0 Å². The van der Waals surface area contributed by atoms with Gasteiger partial charge in [0.1, 0.15) is 6.04 Å². The van der Waals surface area contributed by atoms with E-state index in [-0.39, 0.29) is 11.8 Å². The molecule has 168 valence electrons. The maximum Gasteiger partial charge on any atom is 0.242 e. The molecule has 2 aromatic rings. The molecule has 2 rings (SSSR count). The van der Waals surface area contributed by atoms with Gasteiger partial charge in [0, 0.05) is 18.8 Å². The number of amides is 2. The highest BCUT2D eigenvalue weighted by molar-refractivity contribution is 7.99. The van der Waals surface area contributed by atoms with Crippen molar-refractivity contribution in [2.24, 2.45) is 5.92 Å². The molecule has 31 heavy (non-hydrogen) atoms. The Balaban J connectivity index is 2.13. The summed E-state index contributed by atoms with van der Waals surface area (Å²) >= 11 is 1.61. The zero-order valence-electron chi connectivity index (χ0n) is 19.5. The van der Waals surface area contributed by atoms with Gasteiger partial charge >= 0.3 is 0 Å². The normalized spacial score (nSPS) is 11.9. The summed E-state index contributed by atoms with van der Waals surface area (Å²) in [5.74, 6) is 1.45. The zero-order valence-corrected chi connectivity index (χ0v) is 20.3. The average Bonchev–Trinajstić information content (AvgIpc) is 2.73. The van der Waals surface area contributed by atoms with Crippen LogP contribution in [0.4, 0.5) is 0 Å². The molecule has 0 aromatic heterocycles. The van der Waals surface area contributed by atoms with Gasteiger partial charge in [-0.2, -0.15) is 0 Å². The molecule has 0 spiro atoms. The average molecular weight is 441 g/mol. The highest BCUT2D eigenvalue weighted by Crippen LogP contribution is 2.19. The summed E-state index contributed by atoms with van der Waals surface area (Å²) < 4.78 is 0. The van der Waals surface area contributed by atoms with Crippen molar-refractivity contribution in [2.75, 3.05) is 12.3 Å². The smallest absolute Gasteiger partial charge is 0.242 e. The Hall–Kier alpha value is -2.27. The van der Waals surface area contributed by atoms with Crippen LogP contribution in [0.5, 0.6) is 0 Å². The summed E-state index contributed by atoms with van der Waals surface area (Å²) in [6.45, 7) is 11.3. The van der Waals surface area contributed by atoms with Gasteiger partial charge in [0.2, 0.25) is 11.8 Å². The zero-order chi connectivity index (χ0) is 22.8. The van der Waals surface area contributed by atoms with E-state index in [1.807, 2.05) is 44.2 Å². The largest absolute Gasteiger partial charge is 0.354 e. The molecule has 0 fully saturated rings. The van der Waals surface area contributed by atoms with Gasteiger partial charge in [-0.15, -0.1) is 11.8 Å². The first-order valence-electron chi connectivity index (χ1n) is 11.1. The third-order valence-electron chi connectivity index (χ3n) is 5.25. The van der Waals surface area contributed by atoms with Gasteiger partial charge in [0.15, 0.2) is 0 Å². The van der Waals surface area contributed by atoms with E-state index in [0.29, 0.717) is 31.2 Å². The van der Waals surface area contributed by atoms with Gasteiger partial charge in [0.25, 0.3) is 0 Å².